The number of carbonyl (C=O) groups excluding carboxylic acids is 1. The first-order chi connectivity index (χ1) is 15.8. The van der Waals surface area contributed by atoms with Crippen LogP contribution in [0.2, 0.25) is 0 Å². The Kier molecular flexibility index (Phi) is 8.66. The number of nitrogens with zero attached hydrogens (tertiary/aromatic N) is 3. The molecular weight excluding hydrogens is 438 g/mol. The maximum atomic E-state index is 12.8. The van der Waals surface area contributed by atoms with Gasteiger partial charge in [0, 0.05) is 53.2 Å². The highest BCUT2D eigenvalue weighted by Gasteiger charge is 2.22. The molecule has 0 unspecified atom stereocenters. The van der Waals surface area contributed by atoms with Gasteiger partial charge in [0.05, 0.1) is 12.0 Å². The number of rotatable bonds is 9. The molecule has 2 aromatic rings. The molecule has 33 heavy (non-hydrogen) atoms. The molecule has 1 aliphatic heterocycles. The summed E-state index contributed by atoms with van der Waals surface area (Å²) in [7, 11) is 1.00. The van der Waals surface area contributed by atoms with Gasteiger partial charge in [-0.15, -0.1) is 0 Å². The zero-order valence-electron chi connectivity index (χ0n) is 19.6. The van der Waals surface area contributed by atoms with Crippen LogP contribution in [0, 0.1) is 0 Å². The molecule has 0 aliphatic carbocycles. The van der Waals surface area contributed by atoms with Crippen LogP contribution in [0.5, 0.6) is 5.75 Å². The van der Waals surface area contributed by atoms with Gasteiger partial charge in [0.25, 0.3) is 0 Å². The van der Waals surface area contributed by atoms with Gasteiger partial charge in [-0.25, -0.2) is 12.7 Å². The monoisotopic (exact) mass is 471 g/mol. The van der Waals surface area contributed by atoms with Gasteiger partial charge in [0.2, 0.25) is 15.9 Å². The second kappa shape index (κ2) is 11.4. The number of piperazine rings is 1. The molecule has 178 valence electrons. The number of amides is 1. The summed E-state index contributed by atoms with van der Waals surface area (Å²) in [5.74, 6) is 0.674. The standard InChI is InChI=1S/C25H33N3O4S/c1-26(2)33(30,31)23-12-13-24(32-3)22(20-23)11-14-25(29)28-18-16-27(17-19-28)15-7-10-21-8-5-4-6-9-21/h4-10,12-13,20H,11,14-19H2,1-3H3/b10-7+. The summed E-state index contributed by atoms with van der Waals surface area (Å²) < 4.78 is 31.5. The number of hydrogen-bond acceptors (Lipinski definition) is 5. The molecule has 0 saturated carbocycles. The zero-order valence-corrected chi connectivity index (χ0v) is 20.4. The van der Waals surface area contributed by atoms with Crippen molar-refractivity contribution in [3.63, 3.8) is 0 Å². The summed E-state index contributed by atoms with van der Waals surface area (Å²) in [6.45, 7) is 3.94. The van der Waals surface area contributed by atoms with Gasteiger partial charge >= 0.3 is 0 Å². The van der Waals surface area contributed by atoms with Gasteiger partial charge in [0.1, 0.15) is 5.75 Å². The molecule has 0 atom stereocenters. The number of benzene rings is 2. The van der Waals surface area contributed by atoms with Gasteiger partial charge in [-0.1, -0.05) is 42.5 Å². The summed E-state index contributed by atoms with van der Waals surface area (Å²) in [4.78, 5) is 17.2. The van der Waals surface area contributed by atoms with Gasteiger partial charge in [-0.05, 0) is 35.7 Å². The van der Waals surface area contributed by atoms with E-state index in [0.717, 1.165) is 25.2 Å². The lowest BCUT2D eigenvalue weighted by molar-refractivity contribution is -0.132. The minimum absolute atomic E-state index is 0.0809. The van der Waals surface area contributed by atoms with Crippen LogP contribution in [0.1, 0.15) is 17.5 Å². The lowest BCUT2D eigenvalue weighted by atomic mass is 10.1. The summed E-state index contributed by atoms with van der Waals surface area (Å²) in [5, 5.41) is 0. The van der Waals surface area contributed by atoms with Crippen LogP contribution < -0.4 is 4.74 Å². The molecule has 0 aromatic heterocycles. The summed E-state index contributed by atoms with van der Waals surface area (Å²) in [5.41, 5.74) is 1.91. The largest absolute Gasteiger partial charge is 0.496 e. The van der Waals surface area contributed by atoms with E-state index in [4.69, 9.17) is 4.74 Å². The minimum atomic E-state index is -3.54. The van der Waals surface area contributed by atoms with Crippen molar-refractivity contribution in [2.45, 2.75) is 17.7 Å². The summed E-state index contributed by atoms with van der Waals surface area (Å²) in [6, 6.07) is 15.0. The van der Waals surface area contributed by atoms with Crippen molar-refractivity contribution in [3.8, 4) is 5.75 Å². The Labute approximate surface area is 197 Å². The van der Waals surface area contributed by atoms with E-state index in [-0.39, 0.29) is 10.8 Å². The number of ether oxygens (including phenoxy) is 1. The van der Waals surface area contributed by atoms with E-state index in [1.165, 1.54) is 30.0 Å². The van der Waals surface area contributed by atoms with E-state index in [2.05, 4.69) is 29.2 Å². The van der Waals surface area contributed by atoms with Crippen molar-refractivity contribution in [1.29, 1.82) is 0 Å². The Bertz CT molecular complexity index is 1060. The number of hydrogen-bond donors (Lipinski definition) is 0. The number of carbonyl (C=O) groups is 1. The van der Waals surface area contributed by atoms with Gasteiger partial charge in [0.15, 0.2) is 0 Å². The van der Waals surface area contributed by atoms with Gasteiger partial charge in [-0.3, -0.25) is 9.69 Å². The average molecular weight is 472 g/mol. The van der Waals surface area contributed by atoms with Crippen LogP contribution in [-0.2, 0) is 21.2 Å². The fourth-order valence-electron chi connectivity index (χ4n) is 3.80. The van der Waals surface area contributed by atoms with E-state index in [9.17, 15) is 13.2 Å². The molecule has 2 aromatic carbocycles. The molecule has 1 saturated heterocycles. The molecule has 0 spiro atoms. The molecule has 3 rings (SSSR count). The maximum absolute atomic E-state index is 12.8. The Morgan fingerprint density at radius 1 is 1.06 bits per heavy atom. The topological polar surface area (TPSA) is 70.2 Å². The van der Waals surface area contributed by atoms with Crippen molar-refractivity contribution in [3.05, 3.63) is 65.7 Å². The maximum Gasteiger partial charge on any atom is 0.242 e. The fourth-order valence-corrected chi connectivity index (χ4v) is 4.76. The minimum Gasteiger partial charge on any atom is -0.496 e. The third kappa shape index (κ3) is 6.66. The molecule has 7 nitrogen and oxygen atoms in total. The lowest BCUT2D eigenvalue weighted by Gasteiger charge is -2.34. The van der Waals surface area contributed by atoms with Crippen LogP contribution in [0.25, 0.3) is 6.08 Å². The highest BCUT2D eigenvalue weighted by molar-refractivity contribution is 7.89. The smallest absolute Gasteiger partial charge is 0.242 e. The van der Waals surface area contributed by atoms with Crippen LogP contribution in [0.4, 0.5) is 0 Å². The second-order valence-electron chi connectivity index (χ2n) is 8.26. The summed E-state index contributed by atoms with van der Waals surface area (Å²) >= 11 is 0. The Morgan fingerprint density at radius 2 is 1.76 bits per heavy atom. The predicted molar refractivity (Wildman–Crippen MR) is 131 cm³/mol. The van der Waals surface area contributed by atoms with Crippen LogP contribution in [0.3, 0.4) is 0 Å². The van der Waals surface area contributed by atoms with Crippen molar-refractivity contribution < 1.29 is 17.9 Å². The van der Waals surface area contributed by atoms with Crippen molar-refractivity contribution >= 4 is 22.0 Å². The van der Waals surface area contributed by atoms with Crippen LogP contribution in [0.15, 0.2) is 59.5 Å². The first-order valence-electron chi connectivity index (χ1n) is 11.1. The molecule has 1 aliphatic rings. The van der Waals surface area contributed by atoms with E-state index in [0.29, 0.717) is 31.7 Å². The Hall–Kier alpha value is -2.68. The Morgan fingerprint density at radius 3 is 2.39 bits per heavy atom. The van der Waals surface area contributed by atoms with E-state index in [1.54, 1.807) is 19.2 Å². The number of methoxy groups -OCH3 is 1. The SMILES string of the molecule is COc1ccc(S(=O)(=O)N(C)C)cc1CCC(=O)N1CCN(C/C=C/c2ccccc2)CC1. The second-order valence-corrected chi connectivity index (χ2v) is 10.4. The molecule has 0 bridgehead atoms. The number of aryl methyl sites for hydroxylation is 1. The third-order valence-corrected chi connectivity index (χ3v) is 7.65. The number of sulfonamides is 1. The van der Waals surface area contributed by atoms with E-state index in [1.807, 2.05) is 23.1 Å². The average Bonchev–Trinajstić information content (AvgIpc) is 2.83. The van der Waals surface area contributed by atoms with Gasteiger partial charge in [-0.2, -0.15) is 0 Å². The fraction of sp³-hybridized carbons (Fsp3) is 0.400. The van der Waals surface area contributed by atoms with Crippen LogP contribution >= 0.6 is 0 Å². The normalized spacial score (nSPS) is 15.3. The summed E-state index contributed by atoms with van der Waals surface area (Å²) in [6.07, 6.45) is 5.03. The molecule has 1 amide bonds. The van der Waals surface area contributed by atoms with E-state index < -0.39 is 10.0 Å². The quantitative estimate of drug-likeness (QED) is 0.563. The molecular formula is C25H33N3O4S. The first-order valence-corrected chi connectivity index (χ1v) is 12.6. The molecule has 8 heteroatoms. The first kappa shape index (κ1) is 25.0. The third-order valence-electron chi connectivity index (χ3n) is 5.84. The van der Waals surface area contributed by atoms with Crippen molar-refractivity contribution in [2.24, 2.45) is 0 Å². The molecule has 1 heterocycles. The molecule has 1 fully saturated rings. The highest BCUT2D eigenvalue weighted by atomic mass is 32.2. The van der Waals surface area contributed by atoms with Crippen LogP contribution in [-0.4, -0.2) is 82.4 Å². The zero-order chi connectivity index (χ0) is 23.8. The molecule has 0 N–H and O–H groups in total. The van der Waals surface area contributed by atoms with Crippen molar-refractivity contribution in [1.82, 2.24) is 14.1 Å². The van der Waals surface area contributed by atoms with E-state index >= 15 is 0 Å². The lowest BCUT2D eigenvalue weighted by Crippen LogP contribution is -2.48. The van der Waals surface area contributed by atoms with Gasteiger partial charge < -0.3 is 9.64 Å². The molecule has 0 radical (unpaired) electrons. The highest BCUT2D eigenvalue weighted by Crippen LogP contribution is 2.25. The predicted octanol–water partition coefficient (Wildman–Crippen LogP) is 2.74. The Balaban J connectivity index is 1.52. The van der Waals surface area contributed by atoms with Crippen molar-refractivity contribution in [2.75, 3.05) is 53.9 Å².